The van der Waals surface area contributed by atoms with Gasteiger partial charge < -0.3 is 11.5 Å². The molecule has 2 heterocycles. The van der Waals surface area contributed by atoms with Gasteiger partial charge in [0, 0.05) is 17.1 Å². The molecule has 3 aromatic rings. The van der Waals surface area contributed by atoms with Crippen molar-refractivity contribution in [1.82, 2.24) is 15.2 Å². The summed E-state index contributed by atoms with van der Waals surface area (Å²) in [5.74, 6) is -0.527. The molecule has 0 aliphatic carbocycles. The number of carbonyl (C=O) groups excluding carboxylic acids is 1. The molecule has 1 aromatic carbocycles. The van der Waals surface area contributed by atoms with Crippen molar-refractivity contribution in [3.8, 4) is 11.3 Å². The number of benzene rings is 1. The van der Waals surface area contributed by atoms with Crippen LogP contribution in [0.1, 0.15) is 9.67 Å². The molecule has 3 rings (SSSR count). The van der Waals surface area contributed by atoms with Crippen molar-refractivity contribution < 1.29 is 4.79 Å². The van der Waals surface area contributed by atoms with E-state index in [-0.39, 0.29) is 0 Å². The van der Waals surface area contributed by atoms with E-state index in [1.165, 1.54) is 0 Å². The number of H-pyrrole nitrogens is 1. The van der Waals surface area contributed by atoms with E-state index in [4.69, 9.17) is 11.5 Å². The van der Waals surface area contributed by atoms with Crippen molar-refractivity contribution in [3.05, 3.63) is 29.3 Å². The van der Waals surface area contributed by atoms with Crippen LogP contribution in [0, 0.1) is 0 Å². The van der Waals surface area contributed by atoms with Crippen LogP contribution in [-0.4, -0.2) is 21.1 Å². The molecule has 0 bridgehead atoms. The molecule has 0 aliphatic rings. The summed E-state index contributed by atoms with van der Waals surface area (Å²) in [4.78, 5) is 15.9. The highest BCUT2D eigenvalue weighted by atomic mass is 32.1. The van der Waals surface area contributed by atoms with Gasteiger partial charge in [-0.25, -0.2) is 4.98 Å². The number of primary amides is 1. The fraction of sp³-hybridized carbons (Fsp3) is 0. The molecule has 0 saturated carbocycles. The lowest BCUT2D eigenvalue weighted by Crippen LogP contribution is -2.10. The third-order valence-electron chi connectivity index (χ3n) is 2.58. The number of aromatic nitrogens is 3. The zero-order valence-corrected chi connectivity index (χ0v) is 9.99. The van der Waals surface area contributed by atoms with E-state index < -0.39 is 5.91 Å². The maximum absolute atomic E-state index is 11.3. The first-order valence-electron chi connectivity index (χ1n) is 5.15. The topological polar surface area (TPSA) is 111 Å². The highest BCUT2D eigenvalue weighted by Gasteiger charge is 2.16. The Balaban J connectivity index is 2.21. The Hall–Kier alpha value is -2.41. The number of amides is 1. The Kier molecular flexibility index (Phi) is 2.27. The molecule has 0 unspecified atom stereocenters. The molecule has 0 aliphatic heterocycles. The minimum absolute atomic E-state index is 0.320. The van der Waals surface area contributed by atoms with E-state index in [1.54, 1.807) is 6.20 Å². The van der Waals surface area contributed by atoms with Gasteiger partial charge in [-0.15, -0.1) is 0 Å². The Bertz CT molecular complexity index is 745. The van der Waals surface area contributed by atoms with E-state index >= 15 is 0 Å². The van der Waals surface area contributed by atoms with Gasteiger partial charge in [0.1, 0.15) is 4.88 Å². The zero-order valence-electron chi connectivity index (χ0n) is 9.18. The van der Waals surface area contributed by atoms with Gasteiger partial charge in [-0.05, 0) is 6.07 Å². The van der Waals surface area contributed by atoms with Crippen LogP contribution < -0.4 is 11.5 Å². The lowest BCUT2D eigenvalue weighted by atomic mass is 10.1. The van der Waals surface area contributed by atoms with Crippen LogP contribution in [0.3, 0.4) is 0 Å². The van der Waals surface area contributed by atoms with Crippen LogP contribution in [0.5, 0.6) is 0 Å². The lowest BCUT2D eigenvalue weighted by Gasteiger charge is -1.99. The first kappa shape index (κ1) is 10.7. The third-order valence-corrected chi connectivity index (χ3v) is 3.48. The predicted molar refractivity (Wildman–Crippen MR) is 70.1 cm³/mol. The fourth-order valence-electron chi connectivity index (χ4n) is 1.78. The second-order valence-electron chi connectivity index (χ2n) is 3.75. The summed E-state index contributed by atoms with van der Waals surface area (Å²) in [7, 11) is 0. The summed E-state index contributed by atoms with van der Waals surface area (Å²) in [6, 6.07) is 5.60. The smallest absolute Gasteiger partial charge is 0.261 e. The number of nitrogens with zero attached hydrogens (tertiary/aromatic N) is 2. The molecule has 7 heteroatoms. The summed E-state index contributed by atoms with van der Waals surface area (Å²) >= 11 is 1.09. The molecular formula is C11H9N5OS. The number of aromatic amines is 1. The summed E-state index contributed by atoms with van der Waals surface area (Å²) < 4.78 is 0. The van der Waals surface area contributed by atoms with Crippen LogP contribution in [0.15, 0.2) is 24.4 Å². The molecule has 0 radical (unpaired) electrons. The lowest BCUT2D eigenvalue weighted by molar-refractivity contribution is 0.100. The molecule has 0 fully saturated rings. The maximum atomic E-state index is 11.3. The van der Waals surface area contributed by atoms with Gasteiger partial charge in [0.25, 0.3) is 5.91 Å². The van der Waals surface area contributed by atoms with E-state index in [0.717, 1.165) is 27.8 Å². The Morgan fingerprint density at radius 3 is 3.00 bits per heavy atom. The van der Waals surface area contributed by atoms with Gasteiger partial charge in [-0.3, -0.25) is 9.89 Å². The quantitative estimate of drug-likeness (QED) is 0.645. The predicted octanol–water partition coefficient (Wildman–Crippen LogP) is 1.37. The SMILES string of the molecule is NC(=O)c1sc(N)nc1-c1ccc2c[nH]nc2c1. The molecule has 2 aromatic heterocycles. The number of nitrogens with two attached hydrogens (primary N) is 2. The largest absolute Gasteiger partial charge is 0.375 e. The van der Waals surface area contributed by atoms with Crippen LogP contribution in [0.2, 0.25) is 0 Å². The van der Waals surface area contributed by atoms with E-state index in [0.29, 0.717) is 15.7 Å². The first-order chi connectivity index (χ1) is 8.65. The van der Waals surface area contributed by atoms with Crippen molar-refractivity contribution in [2.75, 3.05) is 5.73 Å². The number of carbonyl (C=O) groups is 1. The highest BCUT2D eigenvalue weighted by molar-refractivity contribution is 7.17. The van der Waals surface area contributed by atoms with E-state index in [1.807, 2.05) is 18.2 Å². The van der Waals surface area contributed by atoms with Gasteiger partial charge in [-0.1, -0.05) is 23.5 Å². The standard InChI is InChI=1S/C11H9N5OS/c12-10(17)9-8(15-11(13)18-9)5-1-2-6-4-14-16-7(6)3-5/h1-4H,(H2,12,17)(H2,13,15)(H,14,16). The van der Waals surface area contributed by atoms with Crippen molar-refractivity contribution in [1.29, 1.82) is 0 Å². The maximum Gasteiger partial charge on any atom is 0.261 e. The van der Waals surface area contributed by atoms with Crippen LogP contribution >= 0.6 is 11.3 Å². The summed E-state index contributed by atoms with van der Waals surface area (Å²) in [5.41, 5.74) is 13.0. The van der Waals surface area contributed by atoms with Crippen LogP contribution in [0.25, 0.3) is 22.2 Å². The zero-order chi connectivity index (χ0) is 12.7. The minimum atomic E-state index is -0.527. The number of rotatable bonds is 2. The molecule has 90 valence electrons. The van der Waals surface area contributed by atoms with Crippen LogP contribution in [-0.2, 0) is 0 Å². The normalized spacial score (nSPS) is 10.9. The summed E-state index contributed by atoms with van der Waals surface area (Å²) in [5, 5.41) is 8.17. The van der Waals surface area contributed by atoms with Crippen LogP contribution in [0.4, 0.5) is 5.13 Å². The van der Waals surface area contributed by atoms with Gasteiger partial charge in [0.15, 0.2) is 5.13 Å². The third kappa shape index (κ3) is 1.61. The first-order valence-corrected chi connectivity index (χ1v) is 5.97. The van der Waals surface area contributed by atoms with Crippen molar-refractivity contribution in [2.24, 2.45) is 5.73 Å². The number of hydrogen-bond acceptors (Lipinski definition) is 5. The number of thiazole rings is 1. The molecule has 0 atom stereocenters. The van der Waals surface area contributed by atoms with Crippen molar-refractivity contribution in [3.63, 3.8) is 0 Å². The van der Waals surface area contributed by atoms with E-state index in [2.05, 4.69) is 15.2 Å². The fourth-order valence-corrected chi connectivity index (χ4v) is 2.49. The number of hydrogen-bond donors (Lipinski definition) is 3. The van der Waals surface area contributed by atoms with E-state index in [9.17, 15) is 4.79 Å². The molecule has 0 spiro atoms. The number of nitrogen functional groups attached to an aromatic ring is 1. The Morgan fingerprint density at radius 1 is 1.39 bits per heavy atom. The molecule has 5 N–H and O–H groups in total. The Morgan fingerprint density at radius 2 is 2.22 bits per heavy atom. The summed E-state index contributed by atoms with van der Waals surface area (Å²) in [6.07, 6.45) is 1.80. The second kappa shape index (κ2) is 3.81. The molecule has 1 amide bonds. The molecular weight excluding hydrogens is 250 g/mol. The number of fused-ring (bicyclic) bond motifs is 1. The summed E-state index contributed by atoms with van der Waals surface area (Å²) in [6.45, 7) is 0. The van der Waals surface area contributed by atoms with Gasteiger partial charge in [0.2, 0.25) is 0 Å². The molecule has 0 saturated heterocycles. The Labute approximate surface area is 106 Å². The monoisotopic (exact) mass is 259 g/mol. The van der Waals surface area contributed by atoms with Gasteiger partial charge >= 0.3 is 0 Å². The van der Waals surface area contributed by atoms with Crippen molar-refractivity contribution in [2.45, 2.75) is 0 Å². The minimum Gasteiger partial charge on any atom is -0.375 e. The molecule has 18 heavy (non-hydrogen) atoms. The second-order valence-corrected chi connectivity index (χ2v) is 4.78. The number of anilines is 1. The van der Waals surface area contributed by atoms with Crippen molar-refractivity contribution >= 4 is 33.3 Å². The highest BCUT2D eigenvalue weighted by Crippen LogP contribution is 2.30. The number of nitrogens with one attached hydrogen (secondary N) is 1. The molecule has 6 nitrogen and oxygen atoms in total. The average molecular weight is 259 g/mol. The van der Waals surface area contributed by atoms with Gasteiger partial charge in [-0.2, -0.15) is 5.10 Å². The average Bonchev–Trinajstić information content (AvgIpc) is 2.93. The van der Waals surface area contributed by atoms with Gasteiger partial charge in [0.05, 0.1) is 11.2 Å².